The standard InChI is InChI=1S/C9H9FO4/c1-14-9(13)8(12)5-3-2-4-6(10)7(5)11/h2-4,8,11-12H,1H3. The van der Waals surface area contributed by atoms with Gasteiger partial charge in [-0.25, -0.2) is 9.18 Å². The third kappa shape index (κ3) is 1.82. The molecule has 1 aromatic rings. The minimum atomic E-state index is -1.67. The van der Waals surface area contributed by atoms with Gasteiger partial charge in [-0.05, 0) is 6.07 Å². The lowest BCUT2D eigenvalue weighted by molar-refractivity contribution is -0.150. The molecule has 1 unspecified atom stereocenters. The first-order chi connectivity index (χ1) is 6.57. The Morgan fingerprint density at radius 2 is 2.21 bits per heavy atom. The van der Waals surface area contributed by atoms with E-state index in [9.17, 15) is 14.3 Å². The van der Waals surface area contributed by atoms with Crippen LogP contribution in [-0.2, 0) is 9.53 Å². The number of ether oxygens (including phenoxy) is 1. The molecule has 0 bridgehead atoms. The van der Waals surface area contributed by atoms with Crippen LogP contribution in [0.2, 0.25) is 0 Å². The maximum atomic E-state index is 12.8. The lowest BCUT2D eigenvalue weighted by Crippen LogP contribution is -2.13. The molecule has 0 saturated carbocycles. The SMILES string of the molecule is COC(=O)C(O)c1cccc(F)c1O. The smallest absolute Gasteiger partial charge is 0.339 e. The molecule has 14 heavy (non-hydrogen) atoms. The molecule has 2 N–H and O–H groups in total. The van der Waals surface area contributed by atoms with Crippen LogP contribution in [0.5, 0.6) is 5.75 Å². The number of methoxy groups -OCH3 is 1. The molecule has 0 aliphatic heterocycles. The molecule has 0 aliphatic rings. The van der Waals surface area contributed by atoms with E-state index in [0.717, 1.165) is 13.2 Å². The number of aliphatic hydroxyl groups is 1. The van der Waals surface area contributed by atoms with Crippen LogP contribution < -0.4 is 0 Å². The molecule has 0 heterocycles. The zero-order valence-corrected chi connectivity index (χ0v) is 7.40. The van der Waals surface area contributed by atoms with Gasteiger partial charge in [0, 0.05) is 5.56 Å². The molecular weight excluding hydrogens is 191 g/mol. The van der Waals surface area contributed by atoms with Gasteiger partial charge >= 0.3 is 5.97 Å². The molecule has 0 amide bonds. The van der Waals surface area contributed by atoms with E-state index in [-0.39, 0.29) is 5.56 Å². The summed E-state index contributed by atoms with van der Waals surface area (Å²) in [5.74, 6) is -2.60. The van der Waals surface area contributed by atoms with Gasteiger partial charge in [0.05, 0.1) is 7.11 Å². The van der Waals surface area contributed by atoms with Crippen LogP contribution in [0.4, 0.5) is 4.39 Å². The Bertz CT molecular complexity index is 351. The van der Waals surface area contributed by atoms with Gasteiger partial charge in [0.25, 0.3) is 0 Å². The van der Waals surface area contributed by atoms with Gasteiger partial charge in [-0.2, -0.15) is 0 Å². The maximum Gasteiger partial charge on any atom is 0.339 e. The predicted octanol–water partition coefficient (Wildman–Crippen LogP) is 0.738. The maximum absolute atomic E-state index is 12.8. The Kier molecular flexibility index (Phi) is 3.03. The molecule has 1 atom stereocenters. The van der Waals surface area contributed by atoms with E-state index in [4.69, 9.17) is 5.11 Å². The predicted molar refractivity (Wildman–Crippen MR) is 45.0 cm³/mol. The second-order valence-corrected chi connectivity index (χ2v) is 2.60. The number of hydrogen-bond donors (Lipinski definition) is 2. The second-order valence-electron chi connectivity index (χ2n) is 2.60. The van der Waals surface area contributed by atoms with Gasteiger partial charge in [-0.3, -0.25) is 0 Å². The number of aliphatic hydroxyl groups excluding tert-OH is 1. The summed E-state index contributed by atoms with van der Waals surface area (Å²) >= 11 is 0. The van der Waals surface area contributed by atoms with Gasteiger partial charge in [0.15, 0.2) is 17.7 Å². The molecule has 1 rings (SSSR count). The van der Waals surface area contributed by atoms with Gasteiger partial charge in [0.2, 0.25) is 0 Å². The fourth-order valence-corrected chi connectivity index (χ4v) is 0.991. The van der Waals surface area contributed by atoms with Gasteiger partial charge < -0.3 is 14.9 Å². The molecule has 4 nitrogen and oxygen atoms in total. The monoisotopic (exact) mass is 200 g/mol. The van der Waals surface area contributed by atoms with E-state index in [1.807, 2.05) is 0 Å². The van der Waals surface area contributed by atoms with Crippen LogP contribution in [-0.4, -0.2) is 23.3 Å². The van der Waals surface area contributed by atoms with Crippen molar-refractivity contribution in [1.82, 2.24) is 0 Å². The third-order valence-corrected chi connectivity index (χ3v) is 1.74. The van der Waals surface area contributed by atoms with Crippen LogP contribution in [0.1, 0.15) is 11.7 Å². The van der Waals surface area contributed by atoms with Crippen LogP contribution in [0.15, 0.2) is 18.2 Å². The zero-order chi connectivity index (χ0) is 10.7. The first-order valence-electron chi connectivity index (χ1n) is 3.81. The molecular formula is C9H9FO4. The minimum absolute atomic E-state index is 0.211. The van der Waals surface area contributed by atoms with Crippen molar-refractivity contribution in [3.8, 4) is 5.75 Å². The van der Waals surface area contributed by atoms with Crippen molar-refractivity contribution in [2.75, 3.05) is 7.11 Å². The highest BCUT2D eigenvalue weighted by Crippen LogP contribution is 2.27. The van der Waals surface area contributed by atoms with Crippen molar-refractivity contribution >= 4 is 5.97 Å². The first kappa shape index (κ1) is 10.5. The molecule has 0 saturated heterocycles. The van der Waals surface area contributed by atoms with E-state index in [2.05, 4.69) is 4.74 Å². The number of rotatable bonds is 2. The minimum Gasteiger partial charge on any atom is -0.505 e. The topological polar surface area (TPSA) is 66.8 Å². The number of carbonyl (C=O) groups is 1. The van der Waals surface area contributed by atoms with Crippen LogP contribution in [0, 0.1) is 5.82 Å². The van der Waals surface area contributed by atoms with E-state index < -0.39 is 23.6 Å². The third-order valence-electron chi connectivity index (χ3n) is 1.74. The highest BCUT2D eigenvalue weighted by atomic mass is 19.1. The molecule has 0 spiro atoms. The van der Waals surface area contributed by atoms with Crippen molar-refractivity contribution in [3.63, 3.8) is 0 Å². The molecule has 0 radical (unpaired) electrons. The molecule has 5 heteroatoms. The Labute approximate surface area is 79.6 Å². The van der Waals surface area contributed by atoms with Crippen molar-refractivity contribution in [1.29, 1.82) is 0 Å². The number of aromatic hydroxyl groups is 1. The van der Waals surface area contributed by atoms with Crippen LogP contribution >= 0.6 is 0 Å². The fraction of sp³-hybridized carbons (Fsp3) is 0.222. The average molecular weight is 200 g/mol. The number of esters is 1. The van der Waals surface area contributed by atoms with E-state index in [0.29, 0.717) is 0 Å². The number of phenolic OH excluding ortho intramolecular Hbond substituents is 1. The lowest BCUT2D eigenvalue weighted by Gasteiger charge is -2.10. The molecule has 0 aromatic heterocycles. The largest absolute Gasteiger partial charge is 0.505 e. The number of halogens is 1. The number of benzene rings is 1. The number of hydrogen-bond acceptors (Lipinski definition) is 4. The normalized spacial score (nSPS) is 12.2. The van der Waals surface area contributed by atoms with Gasteiger partial charge in [-0.1, -0.05) is 12.1 Å². The highest BCUT2D eigenvalue weighted by molar-refractivity contribution is 5.77. The number of carbonyl (C=O) groups excluding carboxylic acids is 1. The van der Waals surface area contributed by atoms with Crippen molar-refractivity contribution in [3.05, 3.63) is 29.6 Å². The lowest BCUT2D eigenvalue weighted by atomic mass is 10.1. The Balaban J connectivity index is 3.07. The average Bonchev–Trinajstić information content (AvgIpc) is 2.20. The molecule has 1 aromatic carbocycles. The fourth-order valence-electron chi connectivity index (χ4n) is 0.991. The van der Waals surface area contributed by atoms with E-state index in [1.54, 1.807) is 0 Å². The number of para-hydroxylation sites is 1. The summed E-state index contributed by atoms with van der Waals surface area (Å²) in [7, 11) is 1.09. The summed E-state index contributed by atoms with van der Waals surface area (Å²) in [6.45, 7) is 0. The summed E-state index contributed by atoms with van der Waals surface area (Å²) < 4.78 is 17.0. The molecule has 0 aliphatic carbocycles. The molecule has 76 valence electrons. The summed E-state index contributed by atoms with van der Waals surface area (Å²) in [5.41, 5.74) is -0.211. The summed E-state index contributed by atoms with van der Waals surface area (Å²) in [6.07, 6.45) is -1.67. The quantitative estimate of drug-likeness (QED) is 0.691. The summed E-state index contributed by atoms with van der Waals surface area (Å²) in [6, 6.07) is 3.53. The second kappa shape index (κ2) is 4.06. The van der Waals surface area contributed by atoms with Crippen LogP contribution in [0.25, 0.3) is 0 Å². The van der Waals surface area contributed by atoms with Gasteiger partial charge in [-0.15, -0.1) is 0 Å². The zero-order valence-electron chi connectivity index (χ0n) is 7.40. The Hall–Kier alpha value is -1.62. The highest BCUT2D eigenvalue weighted by Gasteiger charge is 2.22. The summed E-state index contributed by atoms with van der Waals surface area (Å²) in [5, 5.41) is 18.5. The molecule has 0 fully saturated rings. The Morgan fingerprint density at radius 1 is 1.57 bits per heavy atom. The first-order valence-corrected chi connectivity index (χ1v) is 3.81. The Morgan fingerprint density at radius 3 is 2.79 bits per heavy atom. The number of phenols is 1. The van der Waals surface area contributed by atoms with Crippen molar-refractivity contribution in [2.24, 2.45) is 0 Å². The van der Waals surface area contributed by atoms with Gasteiger partial charge in [0.1, 0.15) is 0 Å². The van der Waals surface area contributed by atoms with Crippen molar-refractivity contribution < 1.29 is 24.1 Å². The van der Waals surface area contributed by atoms with Crippen molar-refractivity contribution in [2.45, 2.75) is 6.10 Å². The summed E-state index contributed by atoms with van der Waals surface area (Å²) in [4.78, 5) is 10.9. The van der Waals surface area contributed by atoms with E-state index >= 15 is 0 Å². The van der Waals surface area contributed by atoms with E-state index in [1.165, 1.54) is 12.1 Å². The van der Waals surface area contributed by atoms with Crippen LogP contribution in [0.3, 0.4) is 0 Å².